The van der Waals surface area contributed by atoms with Crippen LogP contribution in [0.1, 0.15) is 15.9 Å². The molecule has 0 atom stereocenters. The quantitative estimate of drug-likeness (QED) is 0.268. The summed E-state index contributed by atoms with van der Waals surface area (Å²) in [6.07, 6.45) is 0. The molecule has 1 fully saturated rings. The second-order valence-corrected chi connectivity index (χ2v) is 9.66. The molecule has 1 saturated heterocycles. The van der Waals surface area contributed by atoms with Crippen LogP contribution in [0.2, 0.25) is 5.02 Å². The first-order chi connectivity index (χ1) is 17.5. The van der Waals surface area contributed by atoms with Crippen LogP contribution in [-0.4, -0.2) is 53.8 Å². The Morgan fingerprint density at radius 1 is 1.06 bits per heavy atom. The number of carbonyl (C=O) groups is 1. The van der Waals surface area contributed by atoms with Gasteiger partial charge < -0.3 is 14.4 Å². The predicted octanol–water partition coefficient (Wildman–Crippen LogP) is 4.81. The van der Waals surface area contributed by atoms with Crippen molar-refractivity contribution in [3.63, 3.8) is 0 Å². The lowest BCUT2D eigenvalue weighted by atomic mass is 10.1. The van der Waals surface area contributed by atoms with Crippen LogP contribution in [0.4, 0.5) is 0 Å². The van der Waals surface area contributed by atoms with Gasteiger partial charge >= 0.3 is 0 Å². The van der Waals surface area contributed by atoms with E-state index in [0.717, 1.165) is 5.56 Å². The molecular formula is C27H24ClN3O4S. The fourth-order valence-electron chi connectivity index (χ4n) is 4.03. The number of amides is 1. The third-order valence-corrected chi connectivity index (χ3v) is 7.26. The SMILES string of the molecule is COc1ccc(-n2c(SCc3ccc(Cl)cc3)nc3cc(C(=O)N4CCOCC4)ccc3c2=O)cc1. The predicted molar refractivity (Wildman–Crippen MR) is 142 cm³/mol. The van der Waals surface area contributed by atoms with Crippen molar-refractivity contribution >= 4 is 40.2 Å². The normalized spacial score (nSPS) is 13.7. The first-order valence-corrected chi connectivity index (χ1v) is 12.9. The molecule has 0 radical (unpaired) electrons. The van der Waals surface area contributed by atoms with Gasteiger partial charge in [0.05, 0.1) is 36.9 Å². The molecule has 0 bridgehead atoms. The molecule has 0 saturated carbocycles. The second kappa shape index (κ2) is 10.7. The molecule has 1 aliphatic heterocycles. The molecule has 5 rings (SSSR count). The fraction of sp³-hybridized carbons (Fsp3) is 0.222. The van der Waals surface area contributed by atoms with Crippen molar-refractivity contribution in [2.24, 2.45) is 0 Å². The van der Waals surface area contributed by atoms with Gasteiger partial charge in [-0.05, 0) is 60.2 Å². The topological polar surface area (TPSA) is 73.7 Å². The van der Waals surface area contributed by atoms with Gasteiger partial charge in [-0.3, -0.25) is 14.2 Å². The van der Waals surface area contributed by atoms with Gasteiger partial charge in [0.1, 0.15) is 5.75 Å². The van der Waals surface area contributed by atoms with Crippen molar-refractivity contribution in [3.05, 3.63) is 93.2 Å². The van der Waals surface area contributed by atoms with E-state index in [0.29, 0.717) is 70.1 Å². The Morgan fingerprint density at radius 2 is 1.78 bits per heavy atom. The molecule has 1 aliphatic rings. The average Bonchev–Trinajstić information content (AvgIpc) is 2.93. The number of hydrogen-bond acceptors (Lipinski definition) is 6. The minimum Gasteiger partial charge on any atom is -0.497 e. The number of ether oxygens (including phenoxy) is 2. The number of fused-ring (bicyclic) bond motifs is 1. The number of thioether (sulfide) groups is 1. The Bertz CT molecular complexity index is 1450. The molecular weight excluding hydrogens is 498 g/mol. The Labute approximate surface area is 217 Å². The van der Waals surface area contributed by atoms with Crippen LogP contribution in [0.15, 0.2) is 76.7 Å². The summed E-state index contributed by atoms with van der Waals surface area (Å²) in [5.41, 5.74) is 2.53. The summed E-state index contributed by atoms with van der Waals surface area (Å²) < 4.78 is 12.2. The Hall–Kier alpha value is -3.33. The van der Waals surface area contributed by atoms with Crippen LogP contribution in [-0.2, 0) is 10.5 Å². The lowest BCUT2D eigenvalue weighted by Crippen LogP contribution is -2.40. The van der Waals surface area contributed by atoms with E-state index in [9.17, 15) is 9.59 Å². The minimum atomic E-state index is -0.200. The summed E-state index contributed by atoms with van der Waals surface area (Å²) in [5.74, 6) is 1.20. The third kappa shape index (κ3) is 5.11. The lowest BCUT2D eigenvalue weighted by Gasteiger charge is -2.26. The Balaban J connectivity index is 1.57. The van der Waals surface area contributed by atoms with Gasteiger partial charge in [-0.15, -0.1) is 0 Å². The van der Waals surface area contributed by atoms with Gasteiger partial charge in [0, 0.05) is 29.4 Å². The van der Waals surface area contributed by atoms with Crippen molar-refractivity contribution in [1.29, 1.82) is 0 Å². The van der Waals surface area contributed by atoms with Gasteiger partial charge in [-0.1, -0.05) is 35.5 Å². The van der Waals surface area contributed by atoms with Crippen LogP contribution in [0.25, 0.3) is 16.6 Å². The van der Waals surface area contributed by atoms with E-state index in [2.05, 4.69) is 0 Å². The zero-order valence-corrected chi connectivity index (χ0v) is 21.2. The first-order valence-electron chi connectivity index (χ1n) is 11.5. The summed E-state index contributed by atoms with van der Waals surface area (Å²) >= 11 is 7.48. The van der Waals surface area contributed by atoms with Crippen LogP contribution in [0, 0.1) is 0 Å². The number of aromatic nitrogens is 2. The van der Waals surface area contributed by atoms with Crippen LogP contribution in [0.5, 0.6) is 5.75 Å². The number of benzene rings is 3. The van der Waals surface area contributed by atoms with Gasteiger partial charge in [0.25, 0.3) is 11.5 Å². The highest BCUT2D eigenvalue weighted by Crippen LogP contribution is 2.27. The number of halogens is 1. The maximum Gasteiger partial charge on any atom is 0.266 e. The largest absolute Gasteiger partial charge is 0.497 e. The number of hydrogen-bond donors (Lipinski definition) is 0. The van der Waals surface area contributed by atoms with E-state index in [-0.39, 0.29) is 11.5 Å². The fourth-order valence-corrected chi connectivity index (χ4v) is 5.13. The van der Waals surface area contributed by atoms with Crippen LogP contribution in [0.3, 0.4) is 0 Å². The van der Waals surface area contributed by atoms with Crippen molar-refractivity contribution in [2.75, 3.05) is 33.4 Å². The van der Waals surface area contributed by atoms with E-state index >= 15 is 0 Å². The zero-order chi connectivity index (χ0) is 25.1. The molecule has 184 valence electrons. The molecule has 36 heavy (non-hydrogen) atoms. The summed E-state index contributed by atoms with van der Waals surface area (Å²) in [7, 11) is 1.60. The molecule has 2 heterocycles. The van der Waals surface area contributed by atoms with Crippen LogP contribution < -0.4 is 10.3 Å². The molecule has 0 spiro atoms. The standard InChI is InChI=1S/C27H24ClN3O4S/c1-34-22-9-7-21(8-10-22)31-26(33)23-11-4-19(25(32)30-12-14-35-15-13-30)16-24(23)29-27(31)36-17-18-2-5-20(28)6-3-18/h2-11,16H,12-15,17H2,1H3. The third-order valence-electron chi connectivity index (χ3n) is 6.00. The van der Waals surface area contributed by atoms with E-state index in [4.69, 9.17) is 26.1 Å². The van der Waals surface area contributed by atoms with Crippen molar-refractivity contribution in [3.8, 4) is 11.4 Å². The highest BCUT2D eigenvalue weighted by atomic mass is 35.5. The summed E-state index contributed by atoms with van der Waals surface area (Å²) in [6.45, 7) is 2.14. The average molecular weight is 522 g/mol. The molecule has 7 nitrogen and oxygen atoms in total. The maximum absolute atomic E-state index is 13.7. The van der Waals surface area contributed by atoms with Crippen molar-refractivity contribution < 1.29 is 14.3 Å². The number of methoxy groups -OCH3 is 1. The molecule has 0 aliphatic carbocycles. The maximum atomic E-state index is 13.7. The Morgan fingerprint density at radius 3 is 2.47 bits per heavy atom. The number of morpholine rings is 1. The smallest absolute Gasteiger partial charge is 0.266 e. The first kappa shape index (κ1) is 24.4. The van der Waals surface area contributed by atoms with E-state index in [1.54, 1.807) is 34.8 Å². The molecule has 4 aromatic rings. The van der Waals surface area contributed by atoms with E-state index in [1.807, 2.05) is 48.5 Å². The zero-order valence-electron chi connectivity index (χ0n) is 19.6. The minimum absolute atomic E-state index is 0.0864. The highest BCUT2D eigenvalue weighted by molar-refractivity contribution is 7.98. The van der Waals surface area contributed by atoms with Gasteiger partial charge in [-0.2, -0.15) is 0 Å². The number of rotatable bonds is 6. The van der Waals surface area contributed by atoms with Gasteiger partial charge in [0.15, 0.2) is 5.16 Å². The monoisotopic (exact) mass is 521 g/mol. The summed E-state index contributed by atoms with van der Waals surface area (Å²) in [6, 6.07) is 19.9. The number of nitrogens with zero attached hydrogens (tertiary/aromatic N) is 3. The molecule has 1 amide bonds. The Kier molecular flexibility index (Phi) is 7.27. The number of carbonyl (C=O) groups excluding carboxylic acids is 1. The van der Waals surface area contributed by atoms with Gasteiger partial charge in [-0.25, -0.2) is 4.98 Å². The highest BCUT2D eigenvalue weighted by Gasteiger charge is 2.20. The second-order valence-electron chi connectivity index (χ2n) is 8.28. The molecule has 3 aromatic carbocycles. The summed E-state index contributed by atoms with van der Waals surface area (Å²) in [4.78, 5) is 33.3. The lowest BCUT2D eigenvalue weighted by molar-refractivity contribution is 0.0303. The molecule has 1 aromatic heterocycles. The van der Waals surface area contributed by atoms with E-state index < -0.39 is 0 Å². The van der Waals surface area contributed by atoms with Gasteiger partial charge in [0.2, 0.25) is 0 Å². The van der Waals surface area contributed by atoms with E-state index in [1.165, 1.54) is 11.8 Å². The molecule has 9 heteroatoms. The molecule has 0 N–H and O–H groups in total. The summed E-state index contributed by atoms with van der Waals surface area (Å²) in [5, 5.41) is 1.64. The van der Waals surface area contributed by atoms with Crippen molar-refractivity contribution in [2.45, 2.75) is 10.9 Å². The van der Waals surface area contributed by atoms with Crippen LogP contribution >= 0.6 is 23.4 Å². The van der Waals surface area contributed by atoms with Crippen molar-refractivity contribution in [1.82, 2.24) is 14.5 Å². The molecule has 0 unspecified atom stereocenters.